The highest BCUT2D eigenvalue weighted by atomic mass is 32.1. The lowest BCUT2D eigenvalue weighted by atomic mass is 10.0. The molecule has 0 fully saturated rings. The van der Waals surface area contributed by atoms with Gasteiger partial charge in [0, 0.05) is 22.7 Å². The number of aromatic nitrogens is 1. The zero-order valence-corrected chi connectivity index (χ0v) is 13.5. The maximum Gasteiger partial charge on any atom is 0.123 e. The SMILES string of the molecule is COc1ccc(C)cc1C(C)NC(C)c1ncc(C)s1. The van der Waals surface area contributed by atoms with Gasteiger partial charge in [-0.2, -0.15) is 0 Å². The van der Waals surface area contributed by atoms with Crippen LogP contribution in [0, 0.1) is 13.8 Å². The maximum atomic E-state index is 5.46. The quantitative estimate of drug-likeness (QED) is 0.897. The normalized spacial score (nSPS) is 14.1. The van der Waals surface area contributed by atoms with Crippen LogP contribution < -0.4 is 10.1 Å². The Hall–Kier alpha value is -1.39. The van der Waals surface area contributed by atoms with Crippen molar-refractivity contribution in [3.63, 3.8) is 0 Å². The van der Waals surface area contributed by atoms with Gasteiger partial charge in [-0.3, -0.25) is 0 Å². The van der Waals surface area contributed by atoms with Crippen LogP contribution in [0.4, 0.5) is 0 Å². The number of aryl methyl sites for hydroxylation is 2. The Bertz CT molecular complexity index is 580. The molecule has 108 valence electrons. The minimum Gasteiger partial charge on any atom is -0.496 e. The van der Waals surface area contributed by atoms with Crippen molar-refractivity contribution >= 4 is 11.3 Å². The second-order valence-corrected chi connectivity index (χ2v) is 6.43. The Balaban J connectivity index is 2.15. The van der Waals surface area contributed by atoms with Gasteiger partial charge in [0.05, 0.1) is 13.2 Å². The molecule has 0 radical (unpaired) electrons. The van der Waals surface area contributed by atoms with Crippen molar-refractivity contribution in [3.05, 3.63) is 45.4 Å². The van der Waals surface area contributed by atoms with E-state index >= 15 is 0 Å². The third-order valence-electron chi connectivity index (χ3n) is 3.36. The second kappa shape index (κ2) is 6.37. The molecule has 2 aromatic rings. The summed E-state index contributed by atoms with van der Waals surface area (Å²) in [6.07, 6.45) is 1.93. The van der Waals surface area contributed by atoms with Crippen LogP contribution in [0.1, 0.15) is 46.9 Å². The fourth-order valence-corrected chi connectivity index (χ4v) is 3.09. The Morgan fingerprint density at radius 3 is 2.55 bits per heavy atom. The maximum absolute atomic E-state index is 5.46. The molecule has 0 saturated heterocycles. The molecule has 2 atom stereocenters. The summed E-state index contributed by atoms with van der Waals surface area (Å²) in [7, 11) is 1.72. The highest BCUT2D eigenvalue weighted by molar-refractivity contribution is 7.11. The molecule has 3 nitrogen and oxygen atoms in total. The molecule has 1 aromatic carbocycles. The number of hydrogen-bond acceptors (Lipinski definition) is 4. The van der Waals surface area contributed by atoms with Gasteiger partial charge in [0.2, 0.25) is 0 Å². The van der Waals surface area contributed by atoms with Crippen LogP contribution in [0.15, 0.2) is 24.4 Å². The number of benzene rings is 1. The first-order valence-electron chi connectivity index (χ1n) is 6.84. The fraction of sp³-hybridized carbons (Fsp3) is 0.438. The van der Waals surface area contributed by atoms with Crippen LogP contribution >= 0.6 is 11.3 Å². The molecule has 0 aliphatic carbocycles. The Morgan fingerprint density at radius 1 is 1.20 bits per heavy atom. The third kappa shape index (κ3) is 3.38. The van der Waals surface area contributed by atoms with Gasteiger partial charge in [0.1, 0.15) is 10.8 Å². The number of thiazole rings is 1. The minimum absolute atomic E-state index is 0.212. The van der Waals surface area contributed by atoms with Gasteiger partial charge in [0.15, 0.2) is 0 Å². The van der Waals surface area contributed by atoms with Crippen molar-refractivity contribution < 1.29 is 4.74 Å². The Kier molecular flexibility index (Phi) is 4.78. The van der Waals surface area contributed by atoms with Gasteiger partial charge < -0.3 is 10.1 Å². The lowest BCUT2D eigenvalue weighted by Crippen LogP contribution is -2.22. The summed E-state index contributed by atoms with van der Waals surface area (Å²) in [5.41, 5.74) is 2.43. The molecule has 0 bridgehead atoms. The van der Waals surface area contributed by atoms with E-state index in [1.807, 2.05) is 12.3 Å². The van der Waals surface area contributed by atoms with Gasteiger partial charge in [-0.1, -0.05) is 17.7 Å². The highest BCUT2D eigenvalue weighted by Gasteiger charge is 2.16. The molecule has 0 amide bonds. The van der Waals surface area contributed by atoms with Gasteiger partial charge >= 0.3 is 0 Å². The average Bonchev–Trinajstić information content (AvgIpc) is 2.85. The summed E-state index contributed by atoms with van der Waals surface area (Å²) in [5.74, 6) is 0.929. The van der Waals surface area contributed by atoms with Crippen molar-refractivity contribution in [2.24, 2.45) is 0 Å². The van der Waals surface area contributed by atoms with E-state index in [0.717, 1.165) is 10.8 Å². The summed E-state index contributed by atoms with van der Waals surface area (Å²) in [5, 5.41) is 4.72. The Labute approximate surface area is 125 Å². The van der Waals surface area contributed by atoms with E-state index < -0.39 is 0 Å². The summed E-state index contributed by atoms with van der Waals surface area (Å²) in [4.78, 5) is 5.69. The number of methoxy groups -OCH3 is 1. The zero-order valence-electron chi connectivity index (χ0n) is 12.7. The van der Waals surface area contributed by atoms with Crippen LogP contribution in [0.3, 0.4) is 0 Å². The fourth-order valence-electron chi connectivity index (χ4n) is 2.30. The van der Waals surface area contributed by atoms with Crippen LogP contribution in [-0.4, -0.2) is 12.1 Å². The van der Waals surface area contributed by atoms with Gasteiger partial charge in [-0.05, 0) is 33.8 Å². The number of hydrogen-bond donors (Lipinski definition) is 1. The van der Waals surface area contributed by atoms with Gasteiger partial charge in [0.25, 0.3) is 0 Å². The molecule has 0 saturated carbocycles. The van der Waals surface area contributed by atoms with Crippen molar-refractivity contribution in [3.8, 4) is 5.75 Å². The lowest BCUT2D eigenvalue weighted by Gasteiger charge is -2.21. The van der Waals surface area contributed by atoms with Crippen molar-refractivity contribution in [2.75, 3.05) is 7.11 Å². The van der Waals surface area contributed by atoms with E-state index in [-0.39, 0.29) is 12.1 Å². The topological polar surface area (TPSA) is 34.1 Å². The summed E-state index contributed by atoms with van der Waals surface area (Å²) in [6, 6.07) is 6.72. The number of nitrogens with zero attached hydrogens (tertiary/aromatic N) is 1. The molecule has 0 aliphatic rings. The predicted octanol–water partition coefficient (Wildman–Crippen LogP) is 4.18. The second-order valence-electron chi connectivity index (χ2n) is 5.16. The van der Waals surface area contributed by atoms with E-state index in [1.54, 1.807) is 18.4 Å². The third-order valence-corrected chi connectivity index (χ3v) is 4.46. The molecule has 1 aromatic heterocycles. The minimum atomic E-state index is 0.212. The number of nitrogens with one attached hydrogen (secondary N) is 1. The van der Waals surface area contributed by atoms with Crippen molar-refractivity contribution in [2.45, 2.75) is 39.8 Å². The van der Waals surface area contributed by atoms with Crippen LogP contribution in [-0.2, 0) is 0 Å². The molecule has 20 heavy (non-hydrogen) atoms. The predicted molar refractivity (Wildman–Crippen MR) is 84.5 cm³/mol. The van der Waals surface area contributed by atoms with E-state index in [1.165, 1.54) is 16.0 Å². The number of rotatable bonds is 5. The summed E-state index contributed by atoms with van der Waals surface area (Å²) < 4.78 is 5.46. The average molecular weight is 290 g/mol. The van der Waals surface area contributed by atoms with E-state index in [0.29, 0.717) is 0 Å². The first-order valence-corrected chi connectivity index (χ1v) is 7.66. The van der Waals surface area contributed by atoms with Gasteiger partial charge in [-0.25, -0.2) is 4.98 Å². The molecule has 0 aliphatic heterocycles. The van der Waals surface area contributed by atoms with E-state index in [2.05, 4.69) is 50.1 Å². The molecular weight excluding hydrogens is 268 g/mol. The zero-order chi connectivity index (χ0) is 14.7. The first-order chi connectivity index (χ1) is 9.51. The lowest BCUT2D eigenvalue weighted by molar-refractivity contribution is 0.396. The molecule has 4 heteroatoms. The molecule has 0 spiro atoms. The molecule has 2 rings (SSSR count). The van der Waals surface area contributed by atoms with Crippen molar-refractivity contribution in [1.29, 1.82) is 0 Å². The molecule has 1 N–H and O–H groups in total. The monoisotopic (exact) mass is 290 g/mol. The van der Waals surface area contributed by atoms with Gasteiger partial charge in [-0.15, -0.1) is 11.3 Å². The first kappa shape index (κ1) is 15.0. The standard InChI is InChI=1S/C16H22N2OS/c1-10-6-7-15(19-5)14(8-10)12(3)18-13(4)16-17-9-11(2)20-16/h6-9,12-13,18H,1-5H3. The molecular formula is C16H22N2OS. The summed E-state index contributed by atoms with van der Waals surface area (Å²) in [6.45, 7) is 8.50. The molecule has 1 heterocycles. The number of ether oxygens (including phenoxy) is 1. The van der Waals surface area contributed by atoms with E-state index in [9.17, 15) is 0 Å². The smallest absolute Gasteiger partial charge is 0.123 e. The van der Waals surface area contributed by atoms with Crippen LogP contribution in [0.2, 0.25) is 0 Å². The Morgan fingerprint density at radius 2 is 1.95 bits per heavy atom. The summed E-state index contributed by atoms with van der Waals surface area (Å²) >= 11 is 1.74. The van der Waals surface area contributed by atoms with Crippen LogP contribution in [0.5, 0.6) is 5.75 Å². The van der Waals surface area contributed by atoms with E-state index in [4.69, 9.17) is 4.74 Å². The van der Waals surface area contributed by atoms with Crippen LogP contribution in [0.25, 0.3) is 0 Å². The highest BCUT2D eigenvalue weighted by Crippen LogP contribution is 2.29. The largest absolute Gasteiger partial charge is 0.496 e. The van der Waals surface area contributed by atoms with Crippen molar-refractivity contribution in [1.82, 2.24) is 10.3 Å². The molecule has 2 unspecified atom stereocenters.